The largest absolute Gasteiger partial charge is 0.508 e. The van der Waals surface area contributed by atoms with E-state index in [9.17, 15) is 9.90 Å². The number of hydrogen-bond acceptors (Lipinski definition) is 4. The monoisotopic (exact) mass is 429 g/mol. The Bertz CT molecular complexity index is 740. The molecule has 1 aliphatic carbocycles. The zero-order chi connectivity index (χ0) is 23.2. The molecule has 1 aromatic carbocycles. The van der Waals surface area contributed by atoms with Crippen LogP contribution in [0.3, 0.4) is 0 Å². The van der Waals surface area contributed by atoms with E-state index in [4.69, 9.17) is 4.74 Å². The van der Waals surface area contributed by atoms with E-state index >= 15 is 0 Å². The molecular weight excluding hydrogens is 386 g/mol. The quantitative estimate of drug-likeness (QED) is 0.304. The van der Waals surface area contributed by atoms with Crippen molar-refractivity contribution in [1.82, 2.24) is 5.32 Å². The fraction of sp³-hybridized carbons (Fsp3) is 0.667. The highest BCUT2D eigenvalue weighted by atomic mass is 16.5. The van der Waals surface area contributed by atoms with Crippen LogP contribution in [0.1, 0.15) is 104 Å². The number of aromatic hydroxyl groups is 1. The maximum Gasteiger partial charge on any atom is 0.332 e. The molecule has 0 bridgehead atoms. The second-order valence-corrected chi connectivity index (χ2v) is 11.1. The normalized spacial score (nSPS) is 16.3. The number of ether oxygens (including phenoxy) is 1. The van der Waals surface area contributed by atoms with Gasteiger partial charge < -0.3 is 15.2 Å². The van der Waals surface area contributed by atoms with Crippen LogP contribution in [-0.4, -0.2) is 23.7 Å². The van der Waals surface area contributed by atoms with Gasteiger partial charge in [-0.2, -0.15) is 0 Å². The van der Waals surface area contributed by atoms with Gasteiger partial charge >= 0.3 is 5.97 Å². The number of benzene rings is 1. The molecule has 0 aromatic heterocycles. The highest BCUT2D eigenvalue weighted by Gasteiger charge is 2.26. The van der Waals surface area contributed by atoms with E-state index in [1.165, 1.54) is 37.7 Å². The van der Waals surface area contributed by atoms with E-state index in [-0.39, 0.29) is 16.8 Å². The first-order chi connectivity index (χ1) is 14.4. The molecule has 1 saturated carbocycles. The van der Waals surface area contributed by atoms with Crippen molar-refractivity contribution in [3.05, 3.63) is 40.6 Å². The van der Waals surface area contributed by atoms with E-state index in [2.05, 4.69) is 46.9 Å². The van der Waals surface area contributed by atoms with E-state index in [0.29, 0.717) is 18.4 Å². The molecule has 0 aliphatic heterocycles. The third-order valence-corrected chi connectivity index (χ3v) is 6.04. The van der Waals surface area contributed by atoms with Gasteiger partial charge in [-0.05, 0) is 72.3 Å². The van der Waals surface area contributed by atoms with Crippen LogP contribution in [0, 0.1) is 0 Å². The van der Waals surface area contributed by atoms with Gasteiger partial charge in [0, 0.05) is 17.8 Å². The lowest BCUT2D eigenvalue weighted by Gasteiger charge is -2.30. The molecule has 2 rings (SSSR count). The Hall–Kier alpha value is -1.97. The Morgan fingerprint density at radius 1 is 1.06 bits per heavy atom. The first-order valence-electron chi connectivity index (χ1n) is 11.9. The molecule has 1 aliphatic rings. The molecule has 0 atom stereocenters. The Kier molecular flexibility index (Phi) is 8.62. The summed E-state index contributed by atoms with van der Waals surface area (Å²) in [6, 6.07) is 4.26. The number of hydrogen-bond donors (Lipinski definition) is 2. The van der Waals surface area contributed by atoms with Gasteiger partial charge in [0.25, 0.3) is 0 Å². The van der Waals surface area contributed by atoms with Crippen LogP contribution < -0.4 is 5.32 Å². The smallest absolute Gasteiger partial charge is 0.332 e. The van der Waals surface area contributed by atoms with Crippen molar-refractivity contribution < 1.29 is 14.6 Å². The number of phenols is 1. The lowest BCUT2D eigenvalue weighted by molar-refractivity contribution is -0.137. The van der Waals surface area contributed by atoms with Gasteiger partial charge in [-0.25, -0.2) is 4.79 Å². The van der Waals surface area contributed by atoms with Crippen LogP contribution in [0.15, 0.2) is 23.9 Å². The molecule has 174 valence electrons. The maximum absolute atomic E-state index is 12.2. The van der Waals surface area contributed by atoms with E-state index in [1.54, 1.807) is 6.08 Å². The predicted octanol–water partition coefficient (Wildman–Crippen LogP) is 6.29. The molecule has 2 N–H and O–H groups in total. The molecule has 0 unspecified atom stereocenters. The Balaban J connectivity index is 1.98. The number of nitrogens with one attached hydrogen (secondary N) is 1. The highest BCUT2D eigenvalue weighted by Crippen LogP contribution is 2.37. The van der Waals surface area contributed by atoms with Crippen molar-refractivity contribution >= 4 is 5.97 Å². The number of esters is 1. The minimum atomic E-state index is -0.279. The summed E-state index contributed by atoms with van der Waals surface area (Å²) in [4.78, 5) is 12.2. The third kappa shape index (κ3) is 7.90. The van der Waals surface area contributed by atoms with Crippen molar-refractivity contribution in [2.45, 2.75) is 110 Å². The van der Waals surface area contributed by atoms with Crippen LogP contribution in [0.5, 0.6) is 5.75 Å². The van der Waals surface area contributed by atoms with Gasteiger partial charge in [0.15, 0.2) is 0 Å². The fourth-order valence-corrected chi connectivity index (χ4v) is 4.52. The fourth-order valence-electron chi connectivity index (χ4n) is 4.52. The van der Waals surface area contributed by atoms with Crippen LogP contribution >= 0.6 is 0 Å². The van der Waals surface area contributed by atoms with Gasteiger partial charge in [-0.1, -0.05) is 60.8 Å². The molecule has 0 spiro atoms. The lowest BCUT2D eigenvalue weighted by Crippen LogP contribution is -2.29. The predicted molar refractivity (Wildman–Crippen MR) is 129 cm³/mol. The molecule has 31 heavy (non-hydrogen) atoms. The van der Waals surface area contributed by atoms with E-state index < -0.39 is 0 Å². The summed E-state index contributed by atoms with van der Waals surface area (Å²) in [6.07, 6.45) is 9.35. The van der Waals surface area contributed by atoms with Crippen molar-refractivity contribution in [1.29, 1.82) is 0 Å². The second kappa shape index (κ2) is 10.6. The van der Waals surface area contributed by atoms with E-state index in [1.807, 2.05) is 19.1 Å². The van der Waals surface area contributed by atoms with Crippen LogP contribution in [-0.2, 0) is 26.8 Å². The Morgan fingerprint density at radius 2 is 1.61 bits per heavy atom. The minimum Gasteiger partial charge on any atom is -0.508 e. The molecule has 1 fully saturated rings. The summed E-state index contributed by atoms with van der Waals surface area (Å²) in [5.74, 6) is 0.0368. The van der Waals surface area contributed by atoms with Crippen molar-refractivity contribution in [3.63, 3.8) is 0 Å². The molecule has 1 aromatic rings. The number of allylic oxidation sites excluding steroid dienone is 1. The van der Waals surface area contributed by atoms with Crippen molar-refractivity contribution in [3.8, 4) is 5.75 Å². The van der Waals surface area contributed by atoms with Crippen LogP contribution in [0.4, 0.5) is 0 Å². The standard InChI is InChI=1S/C27H43NO3/c1-19(28-20-12-9-8-10-13-20)16-25(30)31-15-11-14-22-23(26(2,3)4)17-21(29)18-24(22)27(5,6)7/h16-18,20,28-29H,8-15H2,1-7H3/b19-16+. The SMILES string of the molecule is C/C(=C\C(=O)OCCCc1c(C(C)(C)C)cc(O)cc1C(C)(C)C)NC1CCCCC1. The molecule has 4 nitrogen and oxygen atoms in total. The summed E-state index contributed by atoms with van der Waals surface area (Å²) in [5.41, 5.74) is 4.33. The summed E-state index contributed by atoms with van der Waals surface area (Å²) in [7, 11) is 0. The molecule has 4 heteroatoms. The van der Waals surface area contributed by atoms with Gasteiger partial charge in [0.1, 0.15) is 5.75 Å². The van der Waals surface area contributed by atoms with Gasteiger partial charge in [0.2, 0.25) is 0 Å². The summed E-state index contributed by atoms with van der Waals surface area (Å²) >= 11 is 0. The summed E-state index contributed by atoms with van der Waals surface area (Å²) in [6.45, 7) is 15.4. The molecule has 0 heterocycles. The van der Waals surface area contributed by atoms with Gasteiger partial charge in [-0.3, -0.25) is 0 Å². The topological polar surface area (TPSA) is 58.6 Å². The van der Waals surface area contributed by atoms with Crippen LogP contribution in [0.2, 0.25) is 0 Å². The summed E-state index contributed by atoms with van der Waals surface area (Å²) in [5, 5.41) is 13.8. The zero-order valence-electron chi connectivity index (χ0n) is 20.7. The molecule has 0 radical (unpaired) electrons. The Labute approximate surface area is 189 Å². The van der Waals surface area contributed by atoms with Crippen molar-refractivity contribution in [2.24, 2.45) is 0 Å². The van der Waals surface area contributed by atoms with Crippen molar-refractivity contribution in [2.75, 3.05) is 6.61 Å². The summed E-state index contributed by atoms with van der Waals surface area (Å²) < 4.78 is 5.49. The van der Waals surface area contributed by atoms with E-state index in [0.717, 1.165) is 29.7 Å². The zero-order valence-corrected chi connectivity index (χ0v) is 20.7. The second-order valence-electron chi connectivity index (χ2n) is 11.1. The third-order valence-electron chi connectivity index (χ3n) is 6.04. The molecule has 0 saturated heterocycles. The minimum absolute atomic E-state index is 0.0740. The molecular formula is C27H43NO3. The highest BCUT2D eigenvalue weighted by molar-refractivity contribution is 5.82. The Morgan fingerprint density at radius 3 is 2.13 bits per heavy atom. The average Bonchev–Trinajstić information content (AvgIpc) is 2.64. The lowest BCUT2D eigenvalue weighted by atomic mass is 9.75. The molecule has 0 amide bonds. The number of rotatable bonds is 7. The maximum atomic E-state index is 12.2. The number of carbonyl (C=O) groups is 1. The number of phenolic OH excluding ortho intramolecular Hbond substituents is 1. The van der Waals surface area contributed by atoms with Gasteiger partial charge in [0.05, 0.1) is 6.61 Å². The number of carbonyl (C=O) groups excluding carboxylic acids is 1. The van der Waals surface area contributed by atoms with Gasteiger partial charge in [-0.15, -0.1) is 0 Å². The average molecular weight is 430 g/mol. The first kappa shape index (κ1) is 25.3. The van der Waals surface area contributed by atoms with Crippen LogP contribution in [0.25, 0.3) is 0 Å². The first-order valence-corrected chi connectivity index (χ1v) is 11.9.